The summed E-state index contributed by atoms with van der Waals surface area (Å²) in [5.74, 6) is 0. The van der Waals surface area contributed by atoms with Crippen molar-refractivity contribution in [2.45, 2.75) is 32.9 Å². The fourth-order valence-electron chi connectivity index (χ4n) is 1.90. The molecule has 2 aromatic rings. The Labute approximate surface area is 109 Å². The van der Waals surface area contributed by atoms with Crippen molar-refractivity contribution in [3.05, 3.63) is 53.9 Å². The van der Waals surface area contributed by atoms with Gasteiger partial charge in [-0.05, 0) is 31.0 Å². The molecule has 1 N–H and O–H groups in total. The number of rotatable bonds is 7. The average Bonchev–Trinajstić information content (AvgIpc) is 2.86. The first kappa shape index (κ1) is 12.8. The largest absolute Gasteiger partial charge is 0.311 e. The number of hydrogen-bond donors (Lipinski definition) is 1. The van der Waals surface area contributed by atoms with Crippen LogP contribution in [0.4, 0.5) is 0 Å². The second-order valence-corrected chi connectivity index (χ2v) is 4.48. The first-order valence-electron chi connectivity index (χ1n) is 6.65. The third-order valence-corrected chi connectivity index (χ3v) is 2.90. The summed E-state index contributed by atoms with van der Waals surface area (Å²) in [6.45, 7) is 5.03. The normalized spacial score (nSPS) is 10.7. The molecule has 2 rings (SSSR count). The molecule has 0 aliphatic heterocycles. The molecule has 1 aromatic carbocycles. The van der Waals surface area contributed by atoms with Crippen LogP contribution in [0.3, 0.4) is 0 Å². The summed E-state index contributed by atoms with van der Waals surface area (Å²) in [6, 6.07) is 12.6. The summed E-state index contributed by atoms with van der Waals surface area (Å²) in [7, 11) is 0. The molecule has 0 fully saturated rings. The second kappa shape index (κ2) is 6.97. The molecule has 0 spiro atoms. The number of nitrogens with one attached hydrogen (secondary N) is 1. The van der Waals surface area contributed by atoms with Gasteiger partial charge in [0.25, 0.3) is 0 Å². The molecule has 18 heavy (non-hydrogen) atoms. The highest BCUT2D eigenvalue weighted by molar-refractivity contribution is 5.14. The third-order valence-electron chi connectivity index (χ3n) is 2.90. The monoisotopic (exact) mass is 243 g/mol. The minimum Gasteiger partial charge on any atom is -0.311 e. The molecule has 0 atom stereocenters. The number of hydrogen-bond acceptors (Lipinski definition) is 2. The van der Waals surface area contributed by atoms with Gasteiger partial charge in [0.2, 0.25) is 0 Å². The van der Waals surface area contributed by atoms with Gasteiger partial charge in [-0.15, -0.1) is 0 Å². The van der Waals surface area contributed by atoms with Crippen LogP contribution < -0.4 is 5.32 Å². The zero-order valence-electron chi connectivity index (χ0n) is 11.0. The Morgan fingerprint density at radius 3 is 2.78 bits per heavy atom. The zero-order valence-corrected chi connectivity index (χ0v) is 11.0. The Kier molecular flexibility index (Phi) is 4.97. The van der Waals surface area contributed by atoms with Gasteiger partial charge in [-0.2, -0.15) is 5.10 Å². The van der Waals surface area contributed by atoms with Gasteiger partial charge in [-0.1, -0.05) is 37.3 Å². The second-order valence-electron chi connectivity index (χ2n) is 4.48. The van der Waals surface area contributed by atoms with E-state index < -0.39 is 0 Å². The predicted molar refractivity (Wildman–Crippen MR) is 74.4 cm³/mol. The number of nitrogens with zero attached hydrogens (tertiary/aromatic N) is 2. The zero-order chi connectivity index (χ0) is 12.6. The van der Waals surface area contributed by atoms with Crippen molar-refractivity contribution in [2.75, 3.05) is 6.54 Å². The first-order valence-corrected chi connectivity index (χ1v) is 6.65. The molecule has 3 heteroatoms. The molecule has 0 bridgehead atoms. The quantitative estimate of drug-likeness (QED) is 0.758. The van der Waals surface area contributed by atoms with E-state index in [1.165, 1.54) is 5.56 Å². The standard InChI is InChI=1S/C15H21N3/c1-2-10-16-13-15-9-12-18(17-15)11-8-14-6-4-3-5-7-14/h3-7,9,12,16H,2,8,10-11,13H2,1H3. The van der Waals surface area contributed by atoms with Gasteiger partial charge < -0.3 is 5.32 Å². The van der Waals surface area contributed by atoms with Crippen LogP contribution in [0.1, 0.15) is 24.6 Å². The Balaban J connectivity index is 1.80. The molecule has 1 aromatic heterocycles. The number of aromatic nitrogens is 2. The van der Waals surface area contributed by atoms with E-state index >= 15 is 0 Å². The van der Waals surface area contributed by atoms with Crippen LogP contribution in [-0.2, 0) is 19.5 Å². The highest BCUT2D eigenvalue weighted by Gasteiger charge is 1.99. The van der Waals surface area contributed by atoms with Gasteiger partial charge in [0.05, 0.1) is 5.69 Å². The van der Waals surface area contributed by atoms with Crippen LogP contribution in [-0.4, -0.2) is 16.3 Å². The average molecular weight is 243 g/mol. The van der Waals surface area contributed by atoms with E-state index in [4.69, 9.17) is 0 Å². The lowest BCUT2D eigenvalue weighted by atomic mass is 10.2. The third kappa shape index (κ3) is 4.00. The van der Waals surface area contributed by atoms with Crippen molar-refractivity contribution in [1.29, 1.82) is 0 Å². The number of aryl methyl sites for hydroxylation is 2. The van der Waals surface area contributed by atoms with E-state index in [2.05, 4.69) is 59.9 Å². The van der Waals surface area contributed by atoms with Crippen molar-refractivity contribution in [2.24, 2.45) is 0 Å². The first-order chi connectivity index (χ1) is 8.88. The van der Waals surface area contributed by atoms with Gasteiger partial charge in [0, 0.05) is 19.3 Å². The SMILES string of the molecule is CCCNCc1ccn(CCc2ccccc2)n1. The van der Waals surface area contributed by atoms with Crippen LogP contribution in [0.5, 0.6) is 0 Å². The molecule has 96 valence electrons. The van der Waals surface area contributed by atoms with E-state index in [-0.39, 0.29) is 0 Å². The van der Waals surface area contributed by atoms with Crippen molar-refractivity contribution in [3.63, 3.8) is 0 Å². The topological polar surface area (TPSA) is 29.9 Å². The van der Waals surface area contributed by atoms with E-state index in [9.17, 15) is 0 Å². The van der Waals surface area contributed by atoms with Gasteiger partial charge in [0.1, 0.15) is 0 Å². The molecule has 3 nitrogen and oxygen atoms in total. The molecule has 0 radical (unpaired) electrons. The maximum Gasteiger partial charge on any atom is 0.0762 e. The van der Waals surface area contributed by atoms with Crippen LogP contribution in [0, 0.1) is 0 Å². The van der Waals surface area contributed by atoms with Gasteiger partial charge >= 0.3 is 0 Å². The van der Waals surface area contributed by atoms with Crippen molar-refractivity contribution < 1.29 is 0 Å². The van der Waals surface area contributed by atoms with Gasteiger partial charge in [0.15, 0.2) is 0 Å². The summed E-state index contributed by atoms with van der Waals surface area (Å²) in [6.07, 6.45) is 4.25. The van der Waals surface area contributed by atoms with E-state index in [1.807, 2.05) is 4.68 Å². The van der Waals surface area contributed by atoms with Gasteiger partial charge in [-0.25, -0.2) is 0 Å². The summed E-state index contributed by atoms with van der Waals surface area (Å²) in [5, 5.41) is 7.91. The van der Waals surface area contributed by atoms with E-state index in [0.717, 1.165) is 38.2 Å². The van der Waals surface area contributed by atoms with E-state index in [0.29, 0.717) is 0 Å². The molecular formula is C15H21N3. The lowest BCUT2D eigenvalue weighted by Crippen LogP contribution is -2.14. The van der Waals surface area contributed by atoms with E-state index in [1.54, 1.807) is 0 Å². The molecular weight excluding hydrogens is 222 g/mol. The molecule has 0 aliphatic rings. The lowest BCUT2D eigenvalue weighted by molar-refractivity contribution is 0.590. The molecule has 0 unspecified atom stereocenters. The smallest absolute Gasteiger partial charge is 0.0762 e. The maximum absolute atomic E-state index is 4.55. The predicted octanol–water partition coefficient (Wildman–Crippen LogP) is 2.63. The van der Waals surface area contributed by atoms with Crippen molar-refractivity contribution >= 4 is 0 Å². The highest BCUT2D eigenvalue weighted by Crippen LogP contribution is 2.02. The fraction of sp³-hybridized carbons (Fsp3) is 0.400. The van der Waals surface area contributed by atoms with Crippen molar-refractivity contribution in [1.82, 2.24) is 15.1 Å². The summed E-state index contributed by atoms with van der Waals surface area (Å²) < 4.78 is 2.02. The van der Waals surface area contributed by atoms with Crippen LogP contribution in [0.15, 0.2) is 42.6 Å². The Bertz CT molecular complexity index is 448. The fourth-order valence-corrected chi connectivity index (χ4v) is 1.90. The van der Waals surface area contributed by atoms with Crippen LogP contribution >= 0.6 is 0 Å². The Morgan fingerprint density at radius 2 is 2.00 bits per heavy atom. The Morgan fingerprint density at radius 1 is 1.17 bits per heavy atom. The highest BCUT2D eigenvalue weighted by atomic mass is 15.3. The minimum atomic E-state index is 0.867. The molecule has 0 saturated carbocycles. The maximum atomic E-state index is 4.55. The minimum absolute atomic E-state index is 0.867. The number of benzene rings is 1. The summed E-state index contributed by atoms with van der Waals surface area (Å²) in [4.78, 5) is 0. The molecule has 1 heterocycles. The summed E-state index contributed by atoms with van der Waals surface area (Å²) in [5.41, 5.74) is 2.48. The van der Waals surface area contributed by atoms with Gasteiger partial charge in [-0.3, -0.25) is 4.68 Å². The molecule has 0 aliphatic carbocycles. The molecule has 0 saturated heterocycles. The van der Waals surface area contributed by atoms with Crippen LogP contribution in [0.25, 0.3) is 0 Å². The lowest BCUT2D eigenvalue weighted by Gasteiger charge is -2.02. The Hall–Kier alpha value is -1.61. The van der Waals surface area contributed by atoms with Crippen molar-refractivity contribution in [3.8, 4) is 0 Å². The van der Waals surface area contributed by atoms with Crippen LogP contribution in [0.2, 0.25) is 0 Å². The summed E-state index contributed by atoms with van der Waals surface area (Å²) >= 11 is 0. The molecule has 0 amide bonds.